The molecular formula is C12H16Br2ClFN2O. The molecule has 1 aromatic rings. The maximum absolute atomic E-state index is 13.3. The van der Waals surface area contributed by atoms with Gasteiger partial charge >= 0.3 is 0 Å². The highest BCUT2D eigenvalue weighted by Crippen LogP contribution is 2.36. The molecule has 1 atom stereocenters. The molecule has 2 N–H and O–H groups in total. The summed E-state index contributed by atoms with van der Waals surface area (Å²) >= 11 is 6.57. The maximum atomic E-state index is 13.3. The fourth-order valence-corrected chi connectivity index (χ4v) is 3.39. The van der Waals surface area contributed by atoms with E-state index in [1.54, 1.807) is 12.1 Å². The number of rotatable bonds is 3. The van der Waals surface area contributed by atoms with Gasteiger partial charge in [-0.25, -0.2) is 4.39 Å². The summed E-state index contributed by atoms with van der Waals surface area (Å²) in [5, 5.41) is 12.9. The van der Waals surface area contributed by atoms with E-state index in [1.165, 1.54) is 0 Å². The Morgan fingerprint density at radius 1 is 1.26 bits per heavy atom. The van der Waals surface area contributed by atoms with Crippen LogP contribution in [-0.2, 0) is 0 Å². The van der Waals surface area contributed by atoms with Gasteiger partial charge in [-0.15, -0.1) is 12.4 Å². The van der Waals surface area contributed by atoms with E-state index in [-0.39, 0.29) is 24.2 Å². The molecule has 1 fully saturated rings. The summed E-state index contributed by atoms with van der Waals surface area (Å²) in [4.78, 5) is 2.13. The van der Waals surface area contributed by atoms with Gasteiger partial charge in [0.25, 0.3) is 0 Å². The van der Waals surface area contributed by atoms with E-state index in [9.17, 15) is 9.50 Å². The number of benzene rings is 1. The largest absolute Gasteiger partial charge is 0.506 e. The molecule has 0 unspecified atom stereocenters. The SMILES string of the molecule is Cl.Oc1c(Br)cc([C@@H](CF)N2CCNCC2)cc1Br. The Labute approximate surface area is 135 Å². The van der Waals surface area contributed by atoms with Crippen LogP contribution in [0.15, 0.2) is 21.1 Å². The minimum absolute atomic E-state index is 0. The van der Waals surface area contributed by atoms with Crippen molar-refractivity contribution in [2.45, 2.75) is 6.04 Å². The third-order valence-corrected chi connectivity index (χ3v) is 4.37. The molecule has 0 spiro atoms. The lowest BCUT2D eigenvalue weighted by Gasteiger charge is -2.33. The number of nitrogens with zero attached hydrogens (tertiary/aromatic N) is 1. The molecule has 2 rings (SSSR count). The zero-order valence-corrected chi connectivity index (χ0v) is 14.2. The molecule has 0 radical (unpaired) electrons. The van der Waals surface area contributed by atoms with Crippen molar-refractivity contribution in [3.63, 3.8) is 0 Å². The van der Waals surface area contributed by atoms with Gasteiger partial charge in [0, 0.05) is 26.2 Å². The van der Waals surface area contributed by atoms with E-state index in [1.807, 2.05) is 0 Å². The Hall–Kier alpha value is 0.120. The van der Waals surface area contributed by atoms with Crippen molar-refractivity contribution in [1.82, 2.24) is 10.2 Å². The molecule has 108 valence electrons. The summed E-state index contributed by atoms with van der Waals surface area (Å²) in [5.74, 6) is 0.150. The lowest BCUT2D eigenvalue weighted by atomic mass is 10.1. The van der Waals surface area contributed by atoms with Crippen LogP contribution in [0.4, 0.5) is 4.39 Å². The second kappa shape index (κ2) is 7.78. The van der Waals surface area contributed by atoms with E-state index in [0.29, 0.717) is 8.95 Å². The number of alkyl halides is 1. The van der Waals surface area contributed by atoms with Gasteiger partial charge in [-0.05, 0) is 49.6 Å². The third kappa shape index (κ3) is 4.04. The van der Waals surface area contributed by atoms with Crippen LogP contribution < -0.4 is 5.32 Å². The van der Waals surface area contributed by atoms with E-state index < -0.39 is 6.67 Å². The molecule has 0 amide bonds. The molecule has 1 aromatic carbocycles. The van der Waals surface area contributed by atoms with Crippen LogP contribution in [0.1, 0.15) is 11.6 Å². The molecule has 0 aliphatic carbocycles. The van der Waals surface area contributed by atoms with E-state index in [2.05, 4.69) is 42.1 Å². The Balaban J connectivity index is 0.00000180. The van der Waals surface area contributed by atoms with Crippen LogP contribution in [0.5, 0.6) is 5.75 Å². The molecule has 0 aromatic heterocycles. The number of piperazine rings is 1. The first-order valence-corrected chi connectivity index (χ1v) is 7.40. The van der Waals surface area contributed by atoms with Crippen LogP contribution in [0.25, 0.3) is 0 Å². The van der Waals surface area contributed by atoms with Gasteiger partial charge in [0.2, 0.25) is 0 Å². The lowest BCUT2D eigenvalue weighted by molar-refractivity contribution is 0.147. The normalized spacial score (nSPS) is 17.8. The van der Waals surface area contributed by atoms with Gasteiger partial charge in [-0.3, -0.25) is 4.90 Å². The molecule has 1 aliphatic rings. The molecule has 1 aliphatic heterocycles. The zero-order valence-electron chi connectivity index (χ0n) is 10.2. The van der Waals surface area contributed by atoms with Gasteiger partial charge in [0.1, 0.15) is 12.4 Å². The monoisotopic (exact) mass is 416 g/mol. The van der Waals surface area contributed by atoms with E-state index in [4.69, 9.17) is 0 Å². The van der Waals surface area contributed by atoms with Crippen LogP contribution in [-0.4, -0.2) is 42.9 Å². The molecule has 3 nitrogen and oxygen atoms in total. The summed E-state index contributed by atoms with van der Waals surface area (Å²) in [6.07, 6.45) is 0. The smallest absolute Gasteiger partial charge is 0.143 e. The zero-order chi connectivity index (χ0) is 13.1. The molecule has 1 saturated heterocycles. The summed E-state index contributed by atoms with van der Waals surface area (Å²) in [6.45, 7) is 3.02. The van der Waals surface area contributed by atoms with Crippen LogP contribution >= 0.6 is 44.3 Å². The predicted molar refractivity (Wildman–Crippen MR) is 83.9 cm³/mol. The molecule has 0 saturated carbocycles. The Morgan fingerprint density at radius 2 is 1.79 bits per heavy atom. The molecule has 0 bridgehead atoms. The average molecular weight is 419 g/mol. The average Bonchev–Trinajstić information content (AvgIpc) is 2.38. The highest BCUT2D eigenvalue weighted by molar-refractivity contribution is 9.11. The summed E-state index contributed by atoms with van der Waals surface area (Å²) in [5.41, 5.74) is 0.871. The quantitative estimate of drug-likeness (QED) is 0.791. The topological polar surface area (TPSA) is 35.5 Å². The van der Waals surface area contributed by atoms with Crippen molar-refractivity contribution in [3.8, 4) is 5.75 Å². The number of halogens is 4. The Kier molecular flexibility index (Phi) is 7.04. The number of hydrogen-bond acceptors (Lipinski definition) is 3. The van der Waals surface area contributed by atoms with Gasteiger partial charge in [0.15, 0.2) is 0 Å². The standard InChI is InChI=1S/C12H15Br2FN2O.ClH/c13-9-5-8(6-10(14)12(9)18)11(7-15)17-3-1-16-2-4-17;/h5-6,11,16,18H,1-4,7H2;1H/t11-;/m1./s1. The first kappa shape index (κ1) is 17.2. The highest BCUT2D eigenvalue weighted by Gasteiger charge is 2.23. The maximum Gasteiger partial charge on any atom is 0.143 e. The van der Waals surface area contributed by atoms with Gasteiger partial charge in [0.05, 0.1) is 15.0 Å². The minimum Gasteiger partial charge on any atom is -0.506 e. The Morgan fingerprint density at radius 3 is 2.26 bits per heavy atom. The number of hydrogen-bond donors (Lipinski definition) is 2. The van der Waals surface area contributed by atoms with Crippen molar-refractivity contribution in [2.24, 2.45) is 0 Å². The highest BCUT2D eigenvalue weighted by atomic mass is 79.9. The van der Waals surface area contributed by atoms with Crippen LogP contribution in [0.2, 0.25) is 0 Å². The van der Waals surface area contributed by atoms with E-state index >= 15 is 0 Å². The van der Waals surface area contributed by atoms with Crippen molar-refractivity contribution in [2.75, 3.05) is 32.9 Å². The van der Waals surface area contributed by atoms with Crippen LogP contribution in [0.3, 0.4) is 0 Å². The second-order valence-corrected chi connectivity index (χ2v) is 6.00. The van der Waals surface area contributed by atoms with Crippen molar-refractivity contribution < 1.29 is 9.50 Å². The first-order valence-electron chi connectivity index (χ1n) is 5.82. The molecular weight excluding hydrogens is 402 g/mol. The van der Waals surface area contributed by atoms with Crippen LogP contribution in [0, 0.1) is 0 Å². The fourth-order valence-electron chi connectivity index (χ4n) is 2.17. The second-order valence-electron chi connectivity index (χ2n) is 4.29. The van der Waals surface area contributed by atoms with Gasteiger partial charge < -0.3 is 10.4 Å². The van der Waals surface area contributed by atoms with Crippen molar-refractivity contribution in [1.29, 1.82) is 0 Å². The fraction of sp³-hybridized carbons (Fsp3) is 0.500. The third-order valence-electron chi connectivity index (χ3n) is 3.16. The minimum atomic E-state index is -0.427. The van der Waals surface area contributed by atoms with Gasteiger partial charge in [-0.1, -0.05) is 0 Å². The summed E-state index contributed by atoms with van der Waals surface area (Å²) < 4.78 is 14.5. The first-order chi connectivity index (χ1) is 8.63. The van der Waals surface area contributed by atoms with Crippen molar-refractivity contribution >= 4 is 44.3 Å². The lowest BCUT2D eigenvalue weighted by Crippen LogP contribution is -2.45. The predicted octanol–water partition coefficient (Wildman–Crippen LogP) is 3.25. The summed E-state index contributed by atoms with van der Waals surface area (Å²) in [7, 11) is 0. The number of nitrogens with one attached hydrogen (secondary N) is 1. The Bertz CT molecular complexity index is 407. The molecule has 1 heterocycles. The van der Waals surface area contributed by atoms with E-state index in [0.717, 1.165) is 31.7 Å². The number of aromatic hydroxyl groups is 1. The van der Waals surface area contributed by atoms with Gasteiger partial charge in [-0.2, -0.15) is 0 Å². The number of phenols is 1. The van der Waals surface area contributed by atoms with Crippen molar-refractivity contribution in [3.05, 3.63) is 26.6 Å². The molecule has 19 heavy (non-hydrogen) atoms. The number of phenolic OH excluding ortho intramolecular Hbond substituents is 1. The molecule has 7 heteroatoms. The summed E-state index contributed by atoms with van der Waals surface area (Å²) in [6, 6.07) is 3.32.